The van der Waals surface area contributed by atoms with Crippen LogP contribution in [0.2, 0.25) is 5.02 Å². The third-order valence-electron chi connectivity index (χ3n) is 6.88. The number of pyridine rings is 1. The second-order valence-corrected chi connectivity index (χ2v) is 10.3. The van der Waals surface area contributed by atoms with Crippen LogP contribution in [0.25, 0.3) is 22.0 Å². The molecule has 0 unspecified atom stereocenters. The molecular weight excluding hydrogens is 546 g/mol. The van der Waals surface area contributed by atoms with Gasteiger partial charge >= 0.3 is 0 Å². The van der Waals surface area contributed by atoms with Gasteiger partial charge in [-0.2, -0.15) is 0 Å². The molecule has 9 heteroatoms. The number of hydrogen-bond acceptors (Lipinski definition) is 3. The fourth-order valence-electron chi connectivity index (χ4n) is 5.04. The first-order chi connectivity index (χ1) is 19.7. The number of carbonyl (C=O) groups is 2. The standard InChI is InChI=1S/C32H27ClF2N4O2/c1-18-10-19(12-23(35)11-18)13-29(39-30(40)15-21-17-38-28-8-6-22(34)16-26(21)28)31-24(4-3-9-37-31)20-5-7-25(27(33)14-20)32(41)36-2/h3-12,14,16-17,29,38H,13,15H2,1-2H3,(H,36,41)(H,39,40)/t29-/m0/s1. The van der Waals surface area contributed by atoms with E-state index in [0.717, 1.165) is 11.1 Å². The molecule has 0 spiro atoms. The molecule has 1 atom stereocenters. The number of nitrogens with zero attached hydrogens (tertiary/aromatic N) is 1. The summed E-state index contributed by atoms with van der Waals surface area (Å²) in [5, 5.41) is 6.53. The van der Waals surface area contributed by atoms with Crippen molar-refractivity contribution in [3.8, 4) is 11.1 Å². The summed E-state index contributed by atoms with van der Waals surface area (Å²) in [5.41, 5.74) is 5.10. The van der Waals surface area contributed by atoms with Gasteiger partial charge in [0.15, 0.2) is 0 Å². The maximum absolute atomic E-state index is 14.3. The molecule has 41 heavy (non-hydrogen) atoms. The van der Waals surface area contributed by atoms with Gasteiger partial charge in [-0.1, -0.05) is 29.8 Å². The number of aryl methyl sites for hydroxylation is 1. The van der Waals surface area contributed by atoms with E-state index >= 15 is 0 Å². The van der Waals surface area contributed by atoms with Crippen molar-refractivity contribution in [2.24, 2.45) is 0 Å². The fourth-order valence-corrected chi connectivity index (χ4v) is 5.30. The van der Waals surface area contributed by atoms with E-state index in [1.807, 2.05) is 12.1 Å². The van der Waals surface area contributed by atoms with Crippen LogP contribution >= 0.6 is 11.6 Å². The summed E-state index contributed by atoms with van der Waals surface area (Å²) in [7, 11) is 1.53. The molecule has 0 bridgehead atoms. The highest BCUT2D eigenvalue weighted by atomic mass is 35.5. The van der Waals surface area contributed by atoms with Gasteiger partial charge < -0.3 is 15.6 Å². The van der Waals surface area contributed by atoms with Crippen LogP contribution < -0.4 is 10.6 Å². The maximum Gasteiger partial charge on any atom is 0.252 e. The van der Waals surface area contributed by atoms with Crippen LogP contribution in [0, 0.1) is 18.6 Å². The van der Waals surface area contributed by atoms with Crippen molar-refractivity contribution in [1.29, 1.82) is 0 Å². The van der Waals surface area contributed by atoms with Crippen LogP contribution in [0.5, 0.6) is 0 Å². The highest BCUT2D eigenvalue weighted by Crippen LogP contribution is 2.32. The molecule has 0 aliphatic carbocycles. The maximum atomic E-state index is 14.3. The summed E-state index contributed by atoms with van der Waals surface area (Å²) < 4.78 is 28.2. The topological polar surface area (TPSA) is 86.9 Å². The summed E-state index contributed by atoms with van der Waals surface area (Å²) in [5.74, 6) is -1.38. The van der Waals surface area contributed by atoms with Gasteiger partial charge in [0.25, 0.3) is 5.91 Å². The molecule has 0 saturated carbocycles. The number of halogens is 3. The number of H-pyrrole nitrogens is 1. The van der Waals surface area contributed by atoms with Gasteiger partial charge in [-0.15, -0.1) is 0 Å². The lowest BCUT2D eigenvalue weighted by atomic mass is 9.94. The number of rotatable bonds is 8. The van der Waals surface area contributed by atoms with Gasteiger partial charge in [0, 0.05) is 35.9 Å². The summed E-state index contributed by atoms with van der Waals surface area (Å²) in [4.78, 5) is 33.3. The Morgan fingerprint density at radius 1 is 1.02 bits per heavy atom. The number of fused-ring (bicyclic) bond motifs is 1. The van der Waals surface area contributed by atoms with Crippen molar-refractivity contribution in [3.63, 3.8) is 0 Å². The Hall–Kier alpha value is -4.56. The highest BCUT2D eigenvalue weighted by molar-refractivity contribution is 6.34. The average Bonchev–Trinajstić information content (AvgIpc) is 3.33. The minimum Gasteiger partial charge on any atom is -0.361 e. The molecule has 2 heterocycles. The Bertz CT molecular complexity index is 1750. The Morgan fingerprint density at radius 3 is 2.61 bits per heavy atom. The molecule has 208 valence electrons. The van der Waals surface area contributed by atoms with E-state index in [0.29, 0.717) is 38.9 Å². The summed E-state index contributed by atoms with van der Waals surface area (Å²) in [6, 6.07) is 17.2. The van der Waals surface area contributed by atoms with E-state index in [-0.39, 0.29) is 35.5 Å². The van der Waals surface area contributed by atoms with E-state index in [1.54, 1.807) is 49.6 Å². The second kappa shape index (κ2) is 11.9. The molecule has 2 aromatic heterocycles. The van der Waals surface area contributed by atoms with Crippen LogP contribution in [-0.4, -0.2) is 28.8 Å². The zero-order valence-corrected chi connectivity index (χ0v) is 23.2. The predicted molar refractivity (Wildman–Crippen MR) is 156 cm³/mol. The second-order valence-electron chi connectivity index (χ2n) is 9.85. The van der Waals surface area contributed by atoms with Crippen LogP contribution in [0.3, 0.4) is 0 Å². The first kappa shape index (κ1) is 28.0. The number of carbonyl (C=O) groups excluding carboxylic acids is 2. The zero-order chi connectivity index (χ0) is 29.1. The quantitative estimate of drug-likeness (QED) is 0.199. The molecule has 0 aliphatic heterocycles. The van der Waals surface area contributed by atoms with Crippen LogP contribution in [0.15, 0.2) is 79.1 Å². The molecule has 5 aromatic rings. The van der Waals surface area contributed by atoms with E-state index in [4.69, 9.17) is 11.6 Å². The summed E-state index contributed by atoms with van der Waals surface area (Å²) >= 11 is 6.45. The predicted octanol–water partition coefficient (Wildman–Crippen LogP) is 6.47. The Balaban J connectivity index is 1.51. The molecule has 2 amide bonds. The van der Waals surface area contributed by atoms with Crippen LogP contribution in [0.4, 0.5) is 8.78 Å². The third-order valence-corrected chi connectivity index (χ3v) is 7.19. The Kier molecular flexibility index (Phi) is 8.12. The first-order valence-electron chi connectivity index (χ1n) is 13.0. The third kappa shape index (κ3) is 6.28. The minimum atomic E-state index is -0.640. The molecule has 3 aromatic carbocycles. The van der Waals surface area contributed by atoms with Gasteiger partial charge in [0.2, 0.25) is 5.91 Å². The molecule has 0 aliphatic rings. The van der Waals surface area contributed by atoms with Crippen molar-refractivity contribution in [2.45, 2.75) is 25.8 Å². The number of aromatic amines is 1. The minimum absolute atomic E-state index is 0.00302. The molecule has 0 fully saturated rings. The van der Waals surface area contributed by atoms with Gasteiger partial charge in [0.1, 0.15) is 11.6 Å². The monoisotopic (exact) mass is 572 g/mol. The van der Waals surface area contributed by atoms with Gasteiger partial charge in [0.05, 0.1) is 28.7 Å². The smallest absolute Gasteiger partial charge is 0.252 e. The summed E-state index contributed by atoms with van der Waals surface area (Å²) in [6.07, 6.45) is 3.58. The number of hydrogen-bond donors (Lipinski definition) is 3. The van der Waals surface area contributed by atoms with Crippen molar-refractivity contribution in [3.05, 3.63) is 124 Å². The SMILES string of the molecule is CNC(=O)c1ccc(-c2cccnc2[C@H](Cc2cc(C)cc(F)c2)NC(=O)Cc2c[nH]c3ccc(F)cc23)cc1Cl. The lowest BCUT2D eigenvalue weighted by Gasteiger charge is -2.22. The lowest BCUT2D eigenvalue weighted by Crippen LogP contribution is -2.32. The van der Waals surface area contributed by atoms with Crippen molar-refractivity contribution in [2.75, 3.05) is 7.05 Å². The number of nitrogens with one attached hydrogen (secondary N) is 3. The number of aromatic nitrogens is 2. The Labute approximate surface area is 240 Å². The normalized spacial score (nSPS) is 11.8. The van der Waals surface area contributed by atoms with Crippen LogP contribution in [0.1, 0.15) is 38.8 Å². The lowest BCUT2D eigenvalue weighted by molar-refractivity contribution is -0.121. The molecule has 0 saturated heterocycles. The van der Waals surface area contributed by atoms with Gasteiger partial charge in [-0.3, -0.25) is 14.6 Å². The van der Waals surface area contributed by atoms with Crippen LogP contribution in [-0.2, 0) is 17.6 Å². The largest absolute Gasteiger partial charge is 0.361 e. The fraction of sp³-hybridized carbons (Fsp3) is 0.156. The molecule has 0 radical (unpaired) electrons. The number of amides is 2. The number of benzene rings is 3. The van der Waals surface area contributed by atoms with E-state index in [2.05, 4.69) is 20.6 Å². The highest BCUT2D eigenvalue weighted by Gasteiger charge is 2.23. The van der Waals surface area contributed by atoms with Gasteiger partial charge in [-0.25, -0.2) is 8.78 Å². The molecule has 5 rings (SSSR count). The Morgan fingerprint density at radius 2 is 1.85 bits per heavy atom. The van der Waals surface area contributed by atoms with E-state index in [9.17, 15) is 18.4 Å². The average molecular weight is 573 g/mol. The van der Waals surface area contributed by atoms with Crippen molar-refractivity contribution < 1.29 is 18.4 Å². The first-order valence-corrected chi connectivity index (χ1v) is 13.4. The van der Waals surface area contributed by atoms with Crippen molar-refractivity contribution in [1.82, 2.24) is 20.6 Å². The van der Waals surface area contributed by atoms with E-state index in [1.165, 1.54) is 31.3 Å². The molecular formula is C32H27ClF2N4O2. The zero-order valence-electron chi connectivity index (χ0n) is 22.4. The van der Waals surface area contributed by atoms with Gasteiger partial charge in [-0.05, 0) is 84.1 Å². The molecule has 3 N–H and O–H groups in total. The molecule has 6 nitrogen and oxygen atoms in total. The summed E-state index contributed by atoms with van der Waals surface area (Å²) in [6.45, 7) is 1.80. The van der Waals surface area contributed by atoms with E-state index < -0.39 is 11.9 Å². The van der Waals surface area contributed by atoms with Crippen molar-refractivity contribution >= 4 is 34.3 Å².